The molecular formula is C26H23NO4. The summed E-state index contributed by atoms with van der Waals surface area (Å²) in [6, 6.07) is 22.8. The molecule has 0 aliphatic carbocycles. The summed E-state index contributed by atoms with van der Waals surface area (Å²) < 4.78 is 10.8. The summed E-state index contributed by atoms with van der Waals surface area (Å²) in [5, 5.41) is 0. The number of anilines is 1. The first-order valence-electron chi connectivity index (χ1n) is 10.1. The number of ether oxygens (including phenoxy) is 2. The fraction of sp³-hybridized carbons (Fsp3) is 0.154. The second-order valence-electron chi connectivity index (χ2n) is 7.36. The second kappa shape index (κ2) is 9.30. The van der Waals surface area contributed by atoms with Crippen molar-refractivity contribution >= 4 is 23.6 Å². The van der Waals surface area contributed by atoms with Gasteiger partial charge in [0.25, 0.3) is 0 Å². The number of aryl methyl sites for hydroxylation is 1. The normalized spacial score (nSPS) is 13.5. The van der Waals surface area contributed by atoms with Gasteiger partial charge in [-0.1, -0.05) is 60.2 Å². The standard InChI is InChI=1S/C26H23NO4/c1-19-5-7-21(8-6-19)18-31-24-12-9-20(10-13-24)11-14-25(28)22-3-2-4-23(17-22)27-15-16-30-26(27)29/h2-14,17H,15-16,18H2,1H3/b14-11+. The molecule has 0 N–H and O–H groups in total. The van der Waals surface area contributed by atoms with E-state index in [4.69, 9.17) is 9.47 Å². The van der Waals surface area contributed by atoms with Gasteiger partial charge >= 0.3 is 6.09 Å². The SMILES string of the molecule is Cc1ccc(COc2ccc(/C=C/C(=O)c3cccc(N4CCOC4=O)c3)cc2)cc1. The molecule has 1 aliphatic heterocycles. The minimum atomic E-state index is -0.384. The maximum atomic E-state index is 12.6. The van der Waals surface area contributed by atoms with Crippen molar-refractivity contribution in [1.82, 2.24) is 0 Å². The lowest BCUT2D eigenvalue weighted by Crippen LogP contribution is -2.23. The van der Waals surface area contributed by atoms with Gasteiger partial charge in [0.05, 0.1) is 6.54 Å². The molecule has 0 unspecified atom stereocenters. The Kier molecular flexibility index (Phi) is 6.13. The van der Waals surface area contributed by atoms with E-state index in [1.807, 2.05) is 24.3 Å². The number of ketones is 1. The van der Waals surface area contributed by atoms with Crippen molar-refractivity contribution in [1.29, 1.82) is 0 Å². The molecule has 5 heteroatoms. The van der Waals surface area contributed by atoms with Crippen LogP contribution in [0.4, 0.5) is 10.5 Å². The molecule has 1 aliphatic rings. The summed E-state index contributed by atoms with van der Waals surface area (Å²) in [5.74, 6) is 0.642. The quantitative estimate of drug-likeness (QED) is 0.383. The highest BCUT2D eigenvalue weighted by molar-refractivity contribution is 6.07. The van der Waals surface area contributed by atoms with Crippen LogP contribution in [0.15, 0.2) is 78.9 Å². The van der Waals surface area contributed by atoms with Gasteiger partial charge in [0.2, 0.25) is 0 Å². The Morgan fingerprint density at radius 2 is 1.84 bits per heavy atom. The van der Waals surface area contributed by atoms with E-state index < -0.39 is 0 Å². The van der Waals surface area contributed by atoms with Crippen molar-refractivity contribution in [2.24, 2.45) is 0 Å². The van der Waals surface area contributed by atoms with Gasteiger partial charge in [-0.25, -0.2) is 4.79 Å². The van der Waals surface area contributed by atoms with Crippen LogP contribution in [0.3, 0.4) is 0 Å². The van der Waals surface area contributed by atoms with Crippen molar-refractivity contribution in [2.75, 3.05) is 18.1 Å². The smallest absolute Gasteiger partial charge is 0.414 e. The van der Waals surface area contributed by atoms with Gasteiger partial charge in [-0.3, -0.25) is 9.69 Å². The van der Waals surface area contributed by atoms with Gasteiger partial charge in [0, 0.05) is 11.3 Å². The fourth-order valence-electron chi connectivity index (χ4n) is 3.25. The van der Waals surface area contributed by atoms with Crippen molar-refractivity contribution in [3.05, 3.63) is 101 Å². The number of hydrogen-bond donors (Lipinski definition) is 0. The van der Waals surface area contributed by atoms with Crippen molar-refractivity contribution in [3.63, 3.8) is 0 Å². The van der Waals surface area contributed by atoms with Crippen molar-refractivity contribution in [3.8, 4) is 5.75 Å². The number of carbonyl (C=O) groups is 2. The molecule has 3 aromatic rings. The zero-order chi connectivity index (χ0) is 21.6. The molecule has 0 aromatic heterocycles. The van der Waals surface area contributed by atoms with Crippen LogP contribution < -0.4 is 9.64 Å². The maximum Gasteiger partial charge on any atom is 0.414 e. The minimum absolute atomic E-state index is 0.130. The molecule has 0 spiro atoms. The van der Waals surface area contributed by atoms with Crippen molar-refractivity contribution in [2.45, 2.75) is 13.5 Å². The zero-order valence-electron chi connectivity index (χ0n) is 17.3. The van der Waals surface area contributed by atoms with Gasteiger partial charge in [-0.05, 0) is 48.4 Å². The van der Waals surface area contributed by atoms with E-state index in [0.29, 0.717) is 31.0 Å². The third-order valence-electron chi connectivity index (χ3n) is 5.04. The Bertz CT molecular complexity index is 1100. The molecule has 1 amide bonds. The molecular weight excluding hydrogens is 390 g/mol. The monoisotopic (exact) mass is 413 g/mol. The largest absolute Gasteiger partial charge is 0.489 e. The Labute approximate surface area is 181 Å². The fourth-order valence-corrected chi connectivity index (χ4v) is 3.25. The van der Waals surface area contributed by atoms with E-state index in [9.17, 15) is 9.59 Å². The highest BCUT2D eigenvalue weighted by atomic mass is 16.6. The lowest BCUT2D eigenvalue weighted by molar-refractivity contribution is 0.104. The molecule has 0 bridgehead atoms. The number of hydrogen-bond acceptors (Lipinski definition) is 4. The number of rotatable bonds is 7. The van der Waals surface area contributed by atoms with Crippen LogP contribution in [-0.4, -0.2) is 25.0 Å². The number of allylic oxidation sites excluding steroid dienone is 1. The van der Waals surface area contributed by atoms with Crippen LogP contribution in [0.5, 0.6) is 5.75 Å². The topological polar surface area (TPSA) is 55.8 Å². The molecule has 0 saturated carbocycles. The second-order valence-corrected chi connectivity index (χ2v) is 7.36. The number of cyclic esters (lactones) is 1. The van der Waals surface area contributed by atoms with Crippen molar-refractivity contribution < 1.29 is 19.1 Å². The molecule has 1 heterocycles. The molecule has 4 rings (SSSR count). The number of carbonyl (C=O) groups excluding carboxylic acids is 2. The predicted molar refractivity (Wildman–Crippen MR) is 120 cm³/mol. The third kappa shape index (κ3) is 5.20. The number of benzene rings is 3. The first kappa shape index (κ1) is 20.4. The van der Waals surface area contributed by atoms with Gasteiger partial charge in [-0.2, -0.15) is 0 Å². The zero-order valence-corrected chi connectivity index (χ0v) is 17.3. The molecule has 1 saturated heterocycles. The summed E-state index contributed by atoms with van der Waals surface area (Å²) >= 11 is 0. The number of nitrogens with zero attached hydrogens (tertiary/aromatic N) is 1. The lowest BCUT2D eigenvalue weighted by Gasteiger charge is -2.13. The van der Waals surface area contributed by atoms with Crippen LogP contribution in [0.1, 0.15) is 27.0 Å². The average Bonchev–Trinajstić information content (AvgIpc) is 3.24. The van der Waals surface area contributed by atoms with Gasteiger partial charge in [0.15, 0.2) is 5.78 Å². The Balaban J connectivity index is 1.36. The molecule has 5 nitrogen and oxygen atoms in total. The highest BCUT2D eigenvalue weighted by Gasteiger charge is 2.23. The molecule has 1 fully saturated rings. The first-order valence-corrected chi connectivity index (χ1v) is 10.1. The van der Waals surface area contributed by atoms with E-state index in [2.05, 4.69) is 31.2 Å². The molecule has 0 radical (unpaired) electrons. The van der Waals surface area contributed by atoms with E-state index in [1.165, 1.54) is 16.5 Å². The van der Waals surface area contributed by atoms with E-state index in [-0.39, 0.29) is 11.9 Å². The molecule has 3 aromatic carbocycles. The Hall–Kier alpha value is -3.86. The summed E-state index contributed by atoms with van der Waals surface area (Å²) in [4.78, 5) is 25.8. The predicted octanol–water partition coefficient (Wildman–Crippen LogP) is 5.43. The van der Waals surface area contributed by atoms with Crippen LogP contribution in [0.2, 0.25) is 0 Å². The van der Waals surface area contributed by atoms with E-state index in [0.717, 1.165) is 16.9 Å². The highest BCUT2D eigenvalue weighted by Crippen LogP contribution is 2.21. The van der Waals surface area contributed by atoms with Gasteiger partial charge in [-0.15, -0.1) is 0 Å². The third-order valence-corrected chi connectivity index (χ3v) is 5.04. The average molecular weight is 413 g/mol. The minimum Gasteiger partial charge on any atom is -0.489 e. The van der Waals surface area contributed by atoms with Crippen LogP contribution in [0.25, 0.3) is 6.08 Å². The molecule has 156 valence electrons. The van der Waals surface area contributed by atoms with Crippen LogP contribution >= 0.6 is 0 Å². The molecule has 31 heavy (non-hydrogen) atoms. The van der Waals surface area contributed by atoms with Gasteiger partial charge in [0.1, 0.15) is 19.0 Å². The molecule has 0 atom stereocenters. The van der Waals surface area contributed by atoms with Crippen LogP contribution in [-0.2, 0) is 11.3 Å². The summed E-state index contributed by atoms with van der Waals surface area (Å²) in [7, 11) is 0. The summed E-state index contributed by atoms with van der Waals surface area (Å²) in [6.45, 7) is 3.42. The summed E-state index contributed by atoms with van der Waals surface area (Å²) in [6.07, 6.45) is 2.91. The maximum absolute atomic E-state index is 12.6. The first-order chi connectivity index (χ1) is 15.1. The van der Waals surface area contributed by atoms with E-state index in [1.54, 1.807) is 30.3 Å². The van der Waals surface area contributed by atoms with Crippen LogP contribution in [0, 0.1) is 6.92 Å². The van der Waals surface area contributed by atoms with Gasteiger partial charge < -0.3 is 9.47 Å². The summed E-state index contributed by atoms with van der Waals surface area (Å²) in [5.41, 5.74) is 4.42. The Morgan fingerprint density at radius 3 is 2.55 bits per heavy atom. The lowest BCUT2D eigenvalue weighted by atomic mass is 10.1. The number of amides is 1. The Morgan fingerprint density at radius 1 is 1.06 bits per heavy atom. The van der Waals surface area contributed by atoms with E-state index >= 15 is 0 Å².